The molecular weight excluding hydrogens is 433 g/mol. The van der Waals surface area contributed by atoms with Crippen molar-refractivity contribution in [3.05, 3.63) is 76.5 Å². The van der Waals surface area contributed by atoms with Gasteiger partial charge in [-0.25, -0.2) is 9.97 Å². The number of methoxy groups -OCH3 is 1. The molecule has 0 aliphatic rings. The van der Waals surface area contributed by atoms with E-state index in [0.717, 1.165) is 6.07 Å². The van der Waals surface area contributed by atoms with Gasteiger partial charge in [-0.2, -0.15) is 13.2 Å². The standard InChI is InChI=1S/C20H17F3N4O3S/c1-30-17-10-27(13(9-16(17)28)12-31-19-24-7-4-8-25-19)11-18(29)26-15-6-3-2-5-14(15)20(21,22)23/h2-10H,11-12H2,1H3,(H,26,29). The Morgan fingerprint density at radius 3 is 2.58 bits per heavy atom. The number of halogens is 3. The van der Waals surface area contributed by atoms with Crippen LogP contribution in [-0.4, -0.2) is 27.6 Å². The number of pyridine rings is 1. The lowest BCUT2D eigenvalue weighted by Crippen LogP contribution is -2.24. The monoisotopic (exact) mass is 450 g/mol. The molecule has 11 heteroatoms. The number of benzene rings is 1. The molecule has 0 saturated carbocycles. The molecule has 0 radical (unpaired) electrons. The molecule has 162 valence electrons. The van der Waals surface area contributed by atoms with Crippen molar-refractivity contribution in [3.8, 4) is 5.75 Å². The highest BCUT2D eigenvalue weighted by molar-refractivity contribution is 7.98. The Morgan fingerprint density at radius 1 is 1.19 bits per heavy atom. The van der Waals surface area contributed by atoms with Crippen molar-refractivity contribution in [1.82, 2.24) is 14.5 Å². The fourth-order valence-electron chi connectivity index (χ4n) is 2.70. The van der Waals surface area contributed by atoms with Gasteiger partial charge in [-0.3, -0.25) is 9.59 Å². The smallest absolute Gasteiger partial charge is 0.418 e. The molecule has 3 aromatic rings. The summed E-state index contributed by atoms with van der Waals surface area (Å²) in [5.41, 5.74) is -1.21. The minimum Gasteiger partial charge on any atom is -0.491 e. The molecule has 0 unspecified atom stereocenters. The number of rotatable bonds is 7. The van der Waals surface area contributed by atoms with E-state index >= 15 is 0 Å². The fraction of sp³-hybridized carbons (Fsp3) is 0.200. The molecule has 0 bridgehead atoms. The summed E-state index contributed by atoms with van der Waals surface area (Å²) in [5.74, 6) is -0.423. The lowest BCUT2D eigenvalue weighted by atomic mass is 10.1. The van der Waals surface area contributed by atoms with Crippen LogP contribution in [0.5, 0.6) is 5.75 Å². The Balaban J connectivity index is 1.83. The van der Waals surface area contributed by atoms with E-state index in [1.165, 1.54) is 53.9 Å². The number of para-hydroxylation sites is 1. The van der Waals surface area contributed by atoms with Gasteiger partial charge >= 0.3 is 6.18 Å². The van der Waals surface area contributed by atoms with Crippen LogP contribution in [0.1, 0.15) is 11.3 Å². The van der Waals surface area contributed by atoms with Crippen LogP contribution < -0.4 is 15.5 Å². The van der Waals surface area contributed by atoms with Gasteiger partial charge in [0, 0.05) is 29.9 Å². The first-order valence-electron chi connectivity index (χ1n) is 8.91. The zero-order valence-electron chi connectivity index (χ0n) is 16.2. The second kappa shape index (κ2) is 9.65. The molecule has 0 aliphatic heterocycles. The topological polar surface area (TPSA) is 86.1 Å². The van der Waals surface area contributed by atoms with E-state index in [1.807, 2.05) is 0 Å². The molecule has 0 saturated heterocycles. The van der Waals surface area contributed by atoms with Crippen LogP contribution in [0, 0.1) is 0 Å². The van der Waals surface area contributed by atoms with Gasteiger partial charge in [0.1, 0.15) is 6.54 Å². The number of hydrogen-bond acceptors (Lipinski definition) is 6. The Kier molecular flexibility index (Phi) is 6.95. The van der Waals surface area contributed by atoms with Crippen LogP contribution in [0.15, 0.2) is 64.9 Å². The highest BCUT2D eigenvalue weighted by Crippen LogP contribution is 2.34. The Bertz CT molecular complexity index is 1120. The van der Waals surface area contributed by atoms with Crippen molar-refractivity contribution in [2.45, 2.75) is 23.6 Å². The number of anilines is 1. The molecule has 0 aliphatic carbocycles. The van der Waals surface area contributed by atoms with Crippen LogP contribution in [0.25, 0.3) is 0 Å². The molecule has 0 spiro atoms. The molecule has 1 aromatic carbocycles. The van der Waals surface area contributed by atoms with Gasteiger partial charge in [-0.05, 0) is 18.2 Å². The molecule has 0 fully saturated rings. The third-order valence-electron chi connectivity index (χ3n) is 4.11. The van der Waals surface area contributed by atoms with E-state index < -0.39 is 17.6 Å². The first-order valence-corrected chi connectivity index (χ1v) is 9.89. The number of amides is 1. The van der Waals surface area contributed by atoms with Crippen molar-refractivity contribution in [2.75, 3.05) is 12.4 Å². The molecule has 31 heavy (non-hydrogen) atoms. The lowest BCUT2D eigenvalue weighted by molar-refractivity contribution is -0.137. The zero-order valence-corrected chi connectivity index (χ0v) is 17.0. The summed E-state index contributed by atoms with van der Waals surface area (Å²) >= 11 is 1.24. The maximum absolute atomic E-state index is 13.2. The Labute approximate surface area is 179 Å². The van der Waals surface area contributed by atoms with Gasteiger partial charge in [-0.1, -0.05) is 23.9 Å². The summed E-state index contributed by atoms with van der Waals surface area (Å²) in [7, 11) is 1.31. The van der Waals surface area contributed by atoms with Gasteiger partial charge in [-0.15, -0.1) is 0 Å². The number of alkyl halides is 3. The average Bonchev–Trinajstić information content (AvgIpc) is 2.74. The second-order valence-corrected chi connectivity index (χ2v) is 7.18. The minimum absolute atomic E-state index is 0.00760. The summed E-state index contributed by atoms with van der Waals surface area (Å²) in [6, 6.07) is 7.68. The largest absolute Gasteiger partial charge is 0.491 e. The van der Waals surface area contributed by atoms with E-state index in [4.69, 9.17) is 4.74 Å². The van der Waals surface area contributed by atoms with Gasteiger partial charge < -0.3 is 14.6 Å². The highest BCUT2D eigenvalue weighted by atomic mass is 32.2. The molecule has 2 heterocycles. The number of nitrogens with zero attached hydrogens (tertiary/aromatic N) is 3. The van der Waals surface area contributed by atoms with Crippen LogP contribution in [0.4, 0.5) is 18.9 Å². The summed E-state index contributed by atoms with van der Waals surface area (Å²) in [6.45, 7) is -0.325. The number of ether oxygens (including phenoxy) is 1. The number of carbonyl (C=O) groups is 1. The number of aromatic nitrogens is 3. The van der Waals surface area contributed by atoms with E-state index in [-0.39, 0.29) is 29.2 Å². The number of nitrogens with one attached hydrogen (secondary N) is 1. The maximum Gasteiger partial charge on any atom is 0.418 e. The van der Waals surface area contributed by atoms with Gasteiger partial charge in [0.05, 0.1) is 24.6 Å². The van der Waals surface area contributed by atoms with E-state index in [9.17, 15) is 22.8 Å². The first kappa shape index (κ1) is 22.3. The summed E-state index contributed by atoms with van der Waals surface area (Å²) in [4.78, 5) is 32.9. The molecule has 3 rings (SSSR count). The van der Waals surface area contributed by atoms with Crippen molar-refractivity contribution >= 4 is 23.4 Å². The number of hydrogen-bond donors (Lipinski definition) is 1. The quantitative estimate of drug-likeness (QED) is 0.437. The van der Waals surface area contributed by atoms with Crippen molar-refractivity contribution in [3.63, 3.8) is 0 Å². The maximum atomic E-state index is 13.2. The zero-order chi connectivity index (χ0) is 22.4. The van der Waals surface area contributed by atoms with Gasteiger partial charge in [0.25, 0.3) is 0 Å². The minimum atomic E-state index is -4.61. The summed E-state index contributed by atoms with van der Waals surface area (Å²) in [6.07, 6.45) is -0.120. The fourth-order valence-corrected chi connectivity index (χ4v) is 3.50. The second-order valence-electron chi connectivity index (χ2n) is 6.24. The molecule has 1 amide bonds. The molecule has 7 nitrogen and oxygen atoms in total. The molecule has 1 N–H and O–H groups in total. The number of carbonyl (C=O) groups excluding carboxylic acids is 1. The summed E-state index contributed by atoms with van der Waals surface area (Å²) in [5, 5.41) is 2.76. The lowest BCUT2D eigenvalue weighted by Gasteiger charge is -2.16. The van der Waals surface area contributed by atoms with Crippen molar-refractivity contribution < 1.29 is 22.7 Å². The number of thioether (sulfide) groups is 1. The van der Waals surface area contributed by atoms with E-state index in [1.54, 1.807) is 18.5 Å². The first-order chi connectivity index (χ1) is 14.8. The molecular formula is C20H17F3N4O3S. The molecule has 2 aromatic heterocycles. The summed E-state index contributed by atoms with van der Waals surface area (Å²) < 4.78 is 46.0. The van der Waals surface area contributed by atoms with Crippen LogP contribution in [-0.2, 0) is 23.3 Å². The third-order valence-corrected chi connectivity index (χ3v) is 5.02. The van der Waals surface area contributed by atoms with E-state index in [0.29, 0.717) is 10.9 Å². The average molecular weight is 450 g/mol. The van der Waals surface area contributed by atoms with Gasteiger partial charge in [0.2, 0.25) is 11.3 Å². The van der Waals surface area contributed by atoms with Crippen molar-refractivity contribution in [1.29, 1.82) is 0 Å². The van der Waals surface area contributed by atoms with Crippen LogP contribution >= 0.6 is 11.8 Å². The third kappa shape index (κ3) is 5.85. The van der Waals surface area contributed by atoms with E-state index in [2.05, 4.69) is 15.3 Å². The predicted octanol–water partition coefficient (Wildman–Crippen LogP) is 3.60. The van der Waals surface area contributed by atoms with Crippen LogP contribution in [0.2, 0.25) is 0 Å². The molecule has 0 atom stereocenters. The van der Waals surface area contributed by atoms with Crippen molar-refractivity contribution in [2.24, 2.45) is 0 Å². The SMILES string of the molecule is COc1cn(CC(=O)Nc2ccccc2C(F)(F)F)c(CSc2ncccn2)cc1=O. The van der Waals surface area contributed by atoms with Crippen LogP contribution in [0.3, 0.4) is 0 Å². The Hall–Kier alpha value is -3.34. The predicted molar refractivity (Wildman–Crippen MR) is 109 cm³/mol. The highest BCUT2D eigenvalue weighted by Gasteiger charge is 2.33. The van der Waals surface area contributed by atoms with Gasteiger partial charge in [0.15, 0.2) is 10.9 Å². The normalized spacial score (nSPS) is 11.2. The Morgan fingerprint density at radius 2 is 1.90 bits per heavy atom.